The molecule has 0 aliphatic heterocycles. The van der Waals surface area contributed by atoms with E-state index in [1.54, 1.807) is 12.5 Å². The molecule has 112 valence electrons. The molecule has 21 heavy (non-hydrogen) atoms. The monoisotopic (exact) mass is 285 g/mol. The van der Waals surface area contributed by atoms with E-state index in [2.05, 4.69) is 34.6 Å². The second kappa shape index (κ2) is 6.41. The number of aliphatic hydroxyl groups excluding tert-OH is 1. The predicted octanol–water partition coefficient (Wildman–Crippen LogP) is 2.51. The van der Waals surface area contributed by atoms with Crippen LogP contribution in [0.5, 0.6) is 0 Å². The molecule has 4 heteroatoms. The predicted molar refractivity (Wildman–Crippen MR) is 83.3 cm³/mol. The minimum absolute atomic E-state index is 0.122. The van der Waals surface area contributed by atoms with E-state index in [-0.39, 0.29) is 5.41 Å². The Morgan fingerprint density at radius 1 is 1.19 bits per heavy atom. The van der Waals surface area contributed by atoms with E-state index >= 15 is 0 Å². The molecule has 1 aromatic heterocycles. The lowest BCUT2D eigenvalue weighted by atomic mass is 9.87. The van der Waals surface area contributed by atoms with E-state index in [4.69, 9.17) is 0 Å². The summed E-state index contributed by atoms with van der Waals surface area (Å²) in [6.07, 6.45) is 10.3. The van der Waals surface area contributed by atoms with E-state index in [0.717, 1.165) is 31.6 Å². The molecule has 1 aliphatic rings. The first-order valence-corrected chi connectivity index (χ1v) is 7.70. The van der Waals surface area contributed by atoms with Gasteiger partial charge >= 0.3 is 0 Å². The number of hydrogen-bond donors (Lipinski definition) is 2. The highest BCUT2D eigenvalue weighted by atomic mass is 16.3. The normalized spacial score (nSPS) is 17.2. The number of aliphatic hydroxyl groups is 1. The van der Waals surface area contributed by atoms with Crippen molar-refractivity contribution in [2.45, 2.75) is 32.2 Å². The second-order valence-electron chi connectivity index (χ2n) is 6.11. The lowest BCUT2D eigenvalue weighted by molar-refractivity contribution is 0.128. The van der Waals surface area contributed by atoms with Gasteiger partial charge in [-0.3, -0.25) is 0 Å². The van der Waals surface area contributed by atoms with Crippen molar-refractivity contribution >= 4 is 0 Å². The van der Waals surface area contributed by atoms with Gasteiger partial charge in [-0.05, 0) is 30.5 Å². The summed E-state index contributed by atoms with van der Waals surface area (Å²) in [5.74, 6) is 0. The van der Waals surface area contributed by atoms with Gasteiger partial charge in [0.1, 0.15) is 0 Å². The van der Waals surface area contributed by atoms with Gasteiger partial charge in [0.05, 0.1) is 6.33 Å². The highest BCUT2D eigenvalue weighted by molar-refractivity contribution is 5.34. The van der Waals surface area contributed by atoms with Gasteiger partial charge in [0.15, 0.2) is 0 Å². The van der Waals surface area contributed by atoms with E-state index in [1.807, 2.05) is 10.8 Å². The van der Waals surface area contributed by atoms with E-state index in [9.17, 15) is 5.11 Å². The van der Waals surface area contributed by atoms with Crippen LogP contribution in [0.3, 0.4) is 0 Å². The largest absolute Gasteiger partial charge is 0.396 e. The second-order valence-corrected chi connectivity index (χ2v) is 6.11. The Bertz CT molecular complexity index is 542. The Balaban J connectivity index is 1.54. The standard InChI is InChI=1S/C17H23N3O/c21-13-17(7-1-2-8-17)12-19-11-15-3-5-16(6-4-15)20-10-9-18-14-20/h3-6,9-10,14,19,21H,1-2,7-8,11-13H2. The van der Waals surface area contributed by atoms with Crippen LogP contribution in [-0.2, 0) is 6.54 Å². The van der Waals surface area contributed by atoms with Gasteiger partial charge in [0.25, 0.3) is 0 Å². The molecule has 0 radical (unpaired) electrons. The number of imidazole rings is 1. The van der Waals surface area contributed by atoms with E-state index in [0.29, 0.717) is 6.61 Å². The van der Waals surface area contributed by atoms with Crippen molar-refractivity contribution < 1.29 is 5.11 Å². The fourth-order valence-corrected chi connectivity index (χ4v) is 3.19. The molecule has 2 aromatic rings. The molecule has 2 N–H and O–H groups in total. The third-order valence-electron chi connectivity index (χ3n) is 4.57. The van der Waals surface area contributed by atoms with Crippen molar-refractivity contribution in [3.8, 4) is 5.69 Å². The molecule has 0 saturated heterocycles. The van der Waals surface area contributed by atoms with Crippen molar-refractivity contribution in [2.75, 3.05) is 13.2 Å². The molecule has 1 aromatic carbocycles. The molecular weight excluding hydrogens is 262 g/mol. The van der Waals surface area contributed by atoms with Gasteiger partial charge in [-0.25, -0.2) is 4.98 Å². The van der Waals surface area contributed by atoms with Gasteiger partial charge in [-0.1, -0.05) is 25.0 Å². The summed E-state index contributed by atoms with van der Waals surface area (Å²) in [5, 5.41) is 13.1. The first-order valence-electron chi connectivity index (χ1n) is 7.70. The minimum atomic E-state index is 0.122. The third-order valence-corrected chi connectivity index (χ3v) is 4.57. The number of nitrogens with zero attached hydrogens (tertiary/aromatic N) is 2. The lowest BCUT2D eigenvalue weighted by Gasteiger charge is -2.26. The van der Waals surface area contributed by atoms with Crippen LogP contribution in [0.4, 0.5) is 0 Å². The van der Waals surface area contributed by atoms with Crippen LogP contribution < -0.4 is 5.32 Å². The van der Waals surface area contributed by atoms with Gasteiger partial charge < -0.3 is 15.0 Å². The highest BCUT2D eigenvalue weighted by Gasteiger charge is 2.32. The molecule has 0 amide bonds. The Morgan fingerprint density at radius 3 is 2.57 bits per heavy atom. The van der Waals surface area contributed by atoms with Gasteiger partial charge in [-0.15, -0.1) is 0 Å². The minimum Gasteiger partial charge on any atom is -0.396 e. The number of rotatable bonds is 6. The average Bonchev–Trinajstić information content (AvgIpc) is 3.20. The summed E-state index contributed by atoms with van der Waals surface area (Å²) in [6, 6.07) is 8.50. The topological polar surface area (TPSA) is 50.1 Å². The fourth-order valence-electron chi connectivity index (χ4n) is 3.19. The van der Waals surface area contributed by atoms with Crippen LogP contribution >= 0.6 is 0 Å². The quantitative estimate of drug-likeness (QED) is 0.857. The Hall–Kier alpha value is -1.65. The first kappa shape index (κ1) is 14.3. The molecule has 0 spiro atoms. The van der Waals surface area contributed by atoms with Crippen LogP contribution in [-0.4, -0.2) is 27.8 Å². The van der Waals surface area contributed by atoms with Crippen LogP contribution in [0.2, 0.25) is 0 Å². The highest BCUT2D eigenvalue weighted by Crippen LogP contribution is 2.36. The number of nitrogens with one attached hydrogen (secondary N) is 1. The van der Waals surface area contributed by atoms with Crippen LogP contribution in [0.1, 0.15) is 31.2 Å². The van der Waals surface area contributed by atoms with Crippen LogP contribution in [0, 0.1) is 5.41 Å². The van der Waals surface area contributed by atoms with E-state index in [1.165, 1.54) is 18.4 Å². The lowest BCUT2D eigenvalue weighted by Crippen LogP contribution is -2.34. The molecule has 3 rings (SSSR count). The zero-order valence-electron chi connectivity index (χ0n) is 12.3. The zero-order chi connectivity index (χ0) is 14.5. The molecule has 0 atom stereocenters. The summed E-state index contributed by atoms with van der Waals surface area (Å²) in [7, 11) is 0. The number of hydrogen-bond acceptors (Lipinski definition) is 3. The third kappa shape index (κ3) is 3.34. The Kier molecular flexibility index (Phi) is 4.36. The maximum Gasteiger partial charge on any atom is 0.0991 e. The van der Waals surface area contributed by atoms with Crippen molar-refractivity contribution in [1.82, 2.24) is 14.9 Å². The van der Waals surface area contributed by atoms with Gasteiger partial charge in [-0.2, -0.15) is 0 Å². The van der Waals surface area contributed by atoms with Gasteiger partial charge in [0, 0.05) is 43.2 Å². The number of aromatic nitrogens is 2. The van der Waals surface area contributed by atoms with E-state index < -0.39 is 0 Å². The summed E-state index contributed by atoms with van der Waals surface area (Å²) in [4.78, 5) is 4.06. The first-order chi connectivity index (χ1) is 10.3. The summed E-state index contributed by atoms with van der Waals surface area (Å²) >= 11 is 0. The molecule has 1 fully saturated rings. The Labute approximate surface area is 125 Å². The van der Waals surface area contributed by atoms with Crippen molar-refractivity contribution in [1.29, 1.82) is 0 Å². The van der Waals surface area contributed by atoms with Crippen molar-refractivity contribution in [3.05, 3.63) is 48.5 Å². The SMILES string of the molecule is OCC1(CNCc2ccc(-n3ccnc3)cc2)CCCC1. The number of benzene rings is 1. The zero-order valence-corrected chi connectivity index (χ0v) is 12.3. The summed E-state index contributed by atoms with van der Waals surface area (Å²) < 4.78 is 2.00. The van der Waals surface area contributed by atoms with Crippen molar-refractivity contribution in [3.63, 3.8) is 0 Å². The molecule has 1 aliphatic carbocycles. The molecule has 4 nitrogen and oxygen atoms in total. The summed E-state index contributed by atoms with van der Waals surface area (Å²) in [6.45, 7) is 2.07. The average molecular weight is 285 g/mol. The maximum atomic E-state index is 9.61. The van der Waals surface area contributed by atoms with Crippen molar-refractivity contribution in [2.24, 2.45) is 5.41 Å². The molecule has 0 bridgehead atoms. The Morgan fingerprint density at radius 2 is 1.95 bits per heavy atom. The summed E-state index contributed by atoms with van der Waals surface area (Å²) in [5.41, 5.74) is 2.51. The maximum absolute atomic E-state index is 9.61. The fraction of sp³-hybridized carbons (Fsp3) is 0.471. The van der Waals surface area contributed by atoms with Crippen LogP contribution in [0.15, 0.2) is 43.0 Å². The molecule has 1 saturated carbocycles. The van der Waals surface area contributed by atoms with Gasteiger partial charge in [0.2, 0.25) is 0 Å². The molecule has 1 heterocycles. The van der Waals surface area contributed by atoms with Crippen LogP contribution in [0.25, 0.3) is 5.69 Å². The molecule has 0 unspecified atom stereocenters. The smallest absolute Gasteiger partial charge is 0.0991 e. The molecular formula is C17H23N3O.